The third-order valence-electron chi connectivity index (χ3n) is 5.36. The number of piperidine rings is 1. The van der Waals surface area contributed by atoms with Crippen molar-refractivity contribution in [3.05, 3.63) is 59.9 Å². The number of rotatable bonds is 8. The van der Waals surface area contributed by atoms with Crippen molar-refractivity contribution in [2.24, 2.45) is 0 Å². The van der Waals surface area contributed by atoms with Crippen molar-refractivity contribution in [3.8, 4) is 5.75 Å². The number of para-hydroxylation sites is 1. The minimum absolute atomic E-state index is 0.329. The van der Waals surface area contributed by atoms with Crippen LogP contribution in [-0.4, -0.2) is 65.3 Å². The minimum Gasteiger partial charge on any atom is -0.491 e. The van der Waals surface area contributed by atoms with Crippen LogP contribution in [0.2, 0.25) is 0 Å². The summed E-state index contributed by atoms with van der Waals surface area (Å²) in [6, 6.07) is 12.6. The normalized spacial score (nSPS) is 17.2. The van der Waals surface area contributed by atoms with Crippen LogP contribution in [0, 0.1) is 6.92 Å². The molecule has 1 fully saturated rings. The molecule has 0 aliphatic carbocycles. The molecule has 1 aliphatic rings. The predicted molar refractivity (Wildman–Crippen MR) is 108 cm³/mol. The van der Waals surface area contributed by atoms with E-state index in [1.54, 1.807) is 0 Å². The first-order valence-corrected chi connectivity index (χ1v) is 9.80. The molecule has 0 spiro atoms. The van der Waals surface area contributed by atoms with Crippen molar-refractivity contribution >= 4 is 0 Å². The van der Waals surface area contributed by atoms with Crippen LogP contribution in [0.5, 0.6) is 5.75 Å². The highest BCUT2D eigenvalue weighted by Crippen LogP contribution is 2.19. The molecule has 1 atom stereocenters. The Morgan fingerprint density at radius 2 is 1.89 bits per heavy atom. The number of aliphatic hydroxyl groups is 1. The van der Waals surface area contributed by atoms with Crippen molar-refractivity contribution in [2.75, 3.05) is 33.3 Å². The number of nitrogens with zero attached hydrogens (tertiary/aromatic N) is 3. The Labute approximate surface area is 162 Å². The number of likely N-dealkylation sites (N-methyl/N-ethyl adjacent to an activating group) is 1. The Balaban J connectivity index is 1.38. The monoisotopic (exact) mass is 369 g/mol. The van der Waals surface area contributed by atoms with Gasteiger partial charge in [-0.2, -0.15) is 0 Å². The molecule has 5 nitrogen and oxygen atoms in total. The van der Waals surface area contributed by atoms with E-state index in [0.717, 1.165) is 43.8 Å². The molecular weight excluding hydrogens is 338 g/mol. The molecule has 1 aromatic carbocycles. The first-order valence-electron chi connectivity index (χ1n) is 9.80. The van der Waals surface area contributed by atoms with Gasteiger partial charge in [-0.15, -0.1) is 0 Å². The molecular formula is C22H31N3O2. The molecule has 1 aromatic heterocycles. The fraction of sp³-hybridized carbons (Fsp3) is 0.500. The maximum absolute atomic E-state index is 10.4. The van der Waals surface area contributed by atoms with E-state index in [0.29, 0.717) is 19.2 Å². The van der Waals surface area contributed by atoms with Crippen LogP contribution in [0.15, 0.2) is 48.8 Å². The highest BCUT2D eigenvalue weighted by molar-refractivity contribution is 5.31. The summed E-state index contributed by atoms with van der Waals surface area (Å²) < 4.78 is 5.78. The van der Waals surface area contributed by atoms with Gasteiger partial charge in [-0.1, -0.05) is 18.2 Å². The van der Waals surface area contributed by atoms with Crippen molar-refractivity contribution in [2.45, 2.75) is 38.5 Å². The van der Waals surface area contributed by atoms with Gasteiger partial charge >= 0.3 is 0 Å². The van der Waals surface area contributed by atoms with E-state index in [1.165, 1.54) is 5.56 Å². The van der Waals surface area contributed by atoms with Gasteiger partial charge in [0.25, 0.3) is 0 Å². The number of ether oxygens (including phenoxy) is 1. The van der Waals surface area contributed by atoms with E-state index in [2.05, 4.69) is 34.0 Å². The largest absolute Gasteiger partial charge is 0.491 e. The molecule has 1 aliphatic heterocycles. The second kappa shape index (κ2) is 9.83. The smallest absolute Gasteiger partial charge is 0.122 e. The van der Waals surface area contributed by atoms with Crippen molar-refractivity contribution < 1.29 is 9.84 Å². The van der Waals surface area contributed by atoms with E-state index in [9.17, 15) is 5.11 Å². The van der Waals surface area contributed by atoms with Gasteiger partial charge in [0, 0.05) is 31.5 Å². The van der Waals surface area contributed by atoms with Gasteiger partial charge in [-0.25, -0.2) is 0 Å². The lowest BCUT2D eigenvalue weighted by Crippen LogP contribution is -2.46. The van der Waals surface area contributed by atoms with E-state index in [-0.39, 0.29) is 0 Å². The summed E-state index contributed by atoms with van der Waals surface area (Å²) in [7, 11) is 2.11. The number of likely N-dealkylation sites (tertiary alicyclic amines) is 1. The zero-order valence-electron chi connectivity index (χ0n) is 16.4. The third kappa shape index (κ3) is 6.03. The Hall–Kier alpha value is -1.95. The number of hydrogen-bond donors (Lipinski definition) is 1. The van der Waals surface area contributed by atoms with E-state index in [4.69, 9.17) is 4.74 Å². The van der Waals surface area contributed by atoms with Crippen LogP contribution in [-0.2, 0) is 6.54 Å². The van der Waals surface area contributed by atoms with Gasteiger partial charge in [-0.3, -0.25) is 9.88 Å². The predicted octanol–water partition coefficient (Wildman–Crippen LogP) is 2.73. The fourth-order valence-electron chi connectivity index (χ4n) is 3.70. The Bertz CT molecular complexity index is 687. The zero-order valence-corrected chi connectivity index (χ0v) is 16.4. The SMILES string of the molecule is Cc1ccccc1OC[C@H](O)CN(C)C1CCN(Cc2ccncc2)CC1. The molecule has 146 valence electrons. The summed E-state index contributed by atoms with van der Waals surface area (Å²) in [6.45, 7) is 6.16. The van der Waals surface area contributed by atoms with Crippen LogP contribution in [0.1, 0.15) is 24.0 Å². The summed E-state index contributed by atoms with van der Waals surface area (Å²) in [5.74, 6) is 0.851. The number of benzene rings is 1. The van der Waals surface area contributed by atoms with Crippen LogP contribution in [0.25, 0.3) is 0 Å². The lowest BCUT2D eigenvalue weighted by Gasteiger charge is -2.37. The molecule has 1 saturated heterocycles. The zero-order chi connectivity index (χ0) is 19.1. The summed E-state index contributed by atoms with van der Waals surface area (Å²) >= 11 is 0. The topological polar surface area (TPSA) is 48.8 Å². The maximum atomic E-state index is 10.4. The average molecular weight is 370 g/mol. The van der Waals surface area contributed by atoms with Gasteiger partial charge < -0.3 is 14.7 Å². The molecule has 2 heterocycles. The van der Waals surface area contributed by atoms with Gasteiger partial charge in [0.1, 0.15) is 18.5 Å². The second-order valence-corrected chi connectivity index (χ2v) is 7.53. The van der Waals surface area contributed by atoms with Gasteiger partial charge in [-0.05, 0) is 69.2 Å². The quantitative estimate of drug-likeness (QED) is 0.775. The second-order valence-electron chi connectivity index (χ2n) is 7.53. The maximum Gasteiger partial charge on any atom is 0.122 e. The lowest BCUT2D eigenvalue weighted by atomic mass is 10.0. The number of hydrogen-bond acceptors (Lipinski definition) is 5. The van der Waals surface area contributed by atoms with Gasteiger partial charge in [0.15, 0.2) is 0 Å². The molecule has 3 rings (SSSR count). The molecule has 0 amide bonds. The Morgan fingerprint density at radius 1 is 1.19 bits per heavy atom. The van der Waals surface area contributed by atoms with Gasteiger partial charge in [0.2, 0.25) is 0 Å². The van der Waals surface area contributed by atoms with Crippen LogP contribution in [0.4, 0.5) is 0 Å². The molecule has 5 heteroatoms. The first-order chi connectivity index (χ1) is 13.1. The van der Waals surface area contributed by atoms with E-state index < -0.39 is 6.10 Å². The highest BCUT2D eigenvalue weighted by Gasteiger charge is 2.24. The lowest BCUT2D eigenvalue weighted by molar-refractivity contribution is 0.0461. The number of aliphatic hydroxyl groups excluding tert-OH is 1. The van der Waals surface area contributed by atoms with E-state index >= 15 is 0 Å². The molecule has 1 N–H and O–H groups in total. The molecule has 0 saturated carbocycles. The standard InChI is InChI=1S/C22H31N3O2/c1-18-5-3-4-6-22(18)27-17-21(26)16-24(2)20-9-13-25(14-10-20)15-19-7-11-23-12-8-19/h3-8,11-12,20-21,26H,9-10,13-17H2,1-2H3/t21-/m1/s1. The molecule has 0 bridgehead atoms. The van der Waals surface area contributed by atoms with E-state index in [1.807, 2.05) is 43.6 Å². The van der Waals surface area contributed by atoms with Crippen LogP contribution >= 0.6 is 0 Å². The Morgan fingerprint density at radius 3 is 2.59 bits per heavy atom. The molecule has 27 heavy (non-hydrogen) atoms. The summed E-state index contributed by atoms with van der Waals surface area (Å²) in [4.78, 5) is 8.87. The minimum atomic E-state index is -0.482. The van der Waals surface area contributed by atoms with Crippen LogP contribution < -0.4 is 4.74 Å². The Kier molecular flexibility index (Phi) is 7.21. The summed E-state index contributed by atoms with van der Waals surface area (Å²) in [5, 5.41) is 10.4. The fourth-order valence-corrected chi connectivity index (χ4v) is 3.70. The number of aromatic nitrogens is 1. The molecule has 0 radical (unpaired) electrons. The molecule has 2 aromatic rings. The van der Waals surface area contributed by atoms with Gasteiger partial charge in [0.05, 0.1) is 0 Å². The third-order valence-corrected chi connectivity index (χ3v) is 5.36. The first kappa shape index (κ1) is 19.8. The number of aryl methyl sites for hydroxylation is 1. The summed E-state index contributed by atoms with van der Waals surface area (Å²) in [5.41, 5.74) is 2.42. The summed E-state index contributed by atoms with van der Waals surface area (Å²) in [6.07, 6.45) is 5.50. The highest BCUT2D eigenvalue weighted by atomic mass is 16.5. The van der Waals surface area contributed by atoms with Crippen molar-refractivity contribution in [3.63, 3.8) is 0 Å². The van der Waals surface area contributed by atoms with Crippen molar-refractivity contribution in [1.29, 1.82) is 0 Å². The average Bonchev–Trinajstić information content (AvgIpc) is 2.69. The van der Waals surface area contributed by atoms with Crippen molar-refractivity contribution in [1.82, 2.24) is 14.8 Å². The van der Waals surface area contributed by atoms with Crippen LogP contribution in [0.3, 0.4) is 0 Å². The molecule has 0 unspecified atom stereocenters. The number of pyridine rings is 1.